The first-order valence-electron chi connectivity index (χ1n) is 9.17. The molecule has 7 heteroatoms. The molecule has 0 N–H and O–H groups in total. The standard InChI is InChI=1S/C22H21FO6/c1-12(2)26-21(24)28-19-14-8-5-6-9-15(14)20(29-22(25)27-13(3)4)18-16(19)10-7-11-17(18)23/h5-13H,1-4H3. The van der Waals surface area contributed by atoms with Gasteiger partial charge in [0, 0.05) is 16.2 Å². The average molecular weight is 400 g/mol. The zero-order valence-corrected chi connectivity index (χ0v) is 16.5. The van der Waals surface area contributed by atoms with E-state index in [1.807, 2.05) is 0 Å². The summed E-state index contributed by atoms with van der Waals surface area (Å²) in [6, 6.07) is 11.0. The Bertz CT molecular complexity index is 1070. The molecule has 0 atom stereocenters. The highest BCUT2D eigenvalue weighted by atomic mass is 19.1. The molecule has 0 saturated carbocycles. The van der Waals surface area contributed by atoms with Crippen LogP contribution in [0.4, 0.5) is 14.0 Å². The van der Waals surface area contributed by atoms with Gasteiger partial charge in [-0.1, -0.05) is 36.4 Å². The SMILES string of the molecule is CC(C)OC(=O)Oc1c2ccccc2c(OC(=O)OC(C)C)c2c(F)cccc12. The molecule has 152 valence electrons. The molecule has 3 aromatic carbocycles. The predicted octanol–water partition coefficient (Wildman–Crippen LogP) is 5.98. The van der Waals surface area contributed by atoms with Crippen molar-refractivity contribution in [2.75, 3.05) is 0 Å². The van der Waals surface area contributed by atoms with Crippen molar-refractivity contribution >= 4 is 33.9 Å². The fourth-order valence-electron chi connectivity index (χ4n) is 2.92. The quantitative estimate of drug-likeness (QED) is 0.305. The second-order valence-electron chi connectivity index (χ2n) is 6.90. The minimum Gasteiger partial charge on any atom is -0.431 e. The van der Waals surface area contributed by atoms with Crippen molar-refractivity contribution in [3.8, 4) is 11.5 Å². The Labute approximate surface area is 167 Å². The van der Waals surface area contributed by atoms with Crippen LogP contribution in [-0.2, 0) is 9.47 Å². The van der Waals surface area contributed by atoms with Crippen LogP contribution in [0, 0.1) is 5.82 Å². The van der Waals surface area contributed by atoms with Crippen LogP contribution >= 0.6 is 0 Å². The van der Waals surface area contributed by atoms with Gasteiger partial charge in [-0.3, -0.25) is 0 Å². The lowest BCUT2D eigenvalue weighted by Gasteiger charge is -2.17. The summed E-state index contributed by atoms with van der Waals surface area (Å²) in [5.41, 5.74) is 0. The largest absolute Gasteiger partial charge is 0.514 e. The van der Waals surface area contributed by atoms with Gasteiger partial charge >= 0.3 is 12.3 Å². The van der Waals surface area contributed by atoms with Crippen molar-refractivity contribution in [2.24, 2.45) is 0 Å². The Morgan fingerprint density at radius 3 is 1.76 bits per heavy atom. The predicted molar refractivity (Wildman–Crippen MR) is 106 cm³/mol. The van der Waals surface area contributed by atoms with E-state index in [0.717, 1.165) is 0 Å². The lowest BCUT2D eigenvalue weighted by Crippen LogP contribution is -2.17. The van der Waals surface area contributed by atoms with Crippen LogP contribution in [0.1, 0.15) is 27.7 Å². The zero-order valence-electron chi connectivity index (χ0n) is 16.5. The van der Waals surface area contributed by atoms with Crippen molar-refractivity contribution in [3.05, 3.63) is 48.3 Å². The highest BCUT2D eigenvalue weighted by molar-refractivity contribution is 6.12. The second kappa shape index (κ2) is 8.34. The van der Waals surface area contributed by atoms with E-state index in [9.17, 15) is 14.0 Å². The number of halogens is 1. The van der Waals surface area contributed by atoms with Crippen LogP contribution in [-0.4, -0.2) is 24.5 Å². The highest BCUT2D eigenvalue weighted by Gasteiger charge is 2.23. The van der Waals surface area contributed by atoms with E-state index in [1.54, 1.807) is 58.0 Å². The topological polar surface area (TPSA) is 71.1 Å². The summed E-state index contributed by atoms with van der Waals surface area (Å²) in [4.78, 5) is 24.3. The normalized spacial score (nSPS) is 11.1. The van der Waals surface area contributed by atoms with Gasteiger partial charge in [0.05, 0.1) is 17.6 Å². The van der Waals surface area contributed by atoms with Gasteiger partial charge in [-0.15, -0.1) is 0 Å². The molecule has 6 nitrogen and oxygen atoms in total. The molecule has 3 aromatic rings. The van der Waals surface area contributed by atoms with Crippen molar-refractivity contribution in [1.29, 1.82) is 0 Å². The van der Waals surface area contributed by atoms with Crippen LogP contribution in [0.3, 0.4) is 0 Å². The smallest absolute Gasteiger partial charge is 0.431 e. The van der Waals surface area contributed by atoms with Gasteiger partial charge < -0.3 is 18.9 Å². The maximum absolute atomic E-state index is 14.8. The number of carbonyl (C=O) groups excluding carboxylic acids is 2. The average Bonchev–Trinajstić information content (AvgIpc) is 2.63. The lowest BCUT2D eigenvalue weighted by atomic mass is 10.00. The van der Waals surface area contributed by atoms with Gasteiger partial charge in [0.1, 0.15) is 5.82 Å². The van der Waals surface area contributed by atoms with Gasteiger partial charge in [0.25, 0.3) is 0 Å². The molecule has 0 spiro atoms. The first-order valence-corrected chi connectivity index (χ1v) is 9.17. The van der Waals surface area contributed by atoms with Gasteiger partial charge in [0.15, 0.2) is 11.5 Å². The van der Waals surface area contributed by atoms with Gasteiger partial charge in [0.2, 0.25) is 0 Å². The third-order valence-electron chi connectivity index (χ3n) is 3.94. The Morgan fingerprint density at radius 2 is 1.21 bits per heavy atom. The highest BCUT2D eigenvalue weighted by Crippen LogP contribution is 2.44. The Hall–Kier alpha value is -3.35. The lowest BCUT2D eigenvalue weighted by molar-refractivity contribution is 0.0719. The van der Waals surface area contributed by atoms with Crippen LogP contribution in [0.15, 0.2) is 42.5 Å². The van der Waals surface area contributed by atoms with E-state index in [-0.39, 0.29) is 28.4 Å². The molecule has 0 fully saturated rings. The Kier molecular flexibility index (Phi) is 5.87. The van der Waals surface area contributed by atoms with E-state index < -0.39 is 24.2 Å². The summed E-state index contributed by atoms with van der Waals surface area (Å²) in [6.07, 6.45) is -2.66. The summed E-state index contributed by atoms with van der Waals surface area (Å²) in [7, 11) is 0. The second-order valence-corrected chi connectivity index (χ2v) is 6.90. The van der Waals surface area contributed by atoms with Gasteiger partial charge in [-0.2, -0.15) is 0 Å². The number of benzene rings is 3. The van der Waals surface area contributed by atoms with E-state index in [1.165, 1.54) is 12.1 Å². The fraction of sp³-hybridized carbons (Fsp3) is 0.273. The van der Waals surface area contributed by atoms with Gasteiger partial charge in [-0.05, 0) is 33.8 Å². The van der Waals surface area contributed by atoms with E-state index in [0.29, 0.717) is 10.8 Å². The Balaban J connectivity index is 2.25. The maximum atomic E-state index is 14.8. The molecule has 0 bridgehead atoms. The molecule has 0 aliphatic heterocycles. The fourth-order valence-corrected chi connectivity index (χ4v) is 2.92. The number of fused-ring (bicyclic) bond motifs is 2. The molecule has 3 rings (SSSR count). The summed E-state index contributed by atoms with van der Waals surface area (Å²) < 4.78 is 35.7. The summed E-state index contributed by atoms with van der Waals surface area (Å²) in [5.74, 6) is -0.531. The molecule has 0 aliphatic carbocycles. The molecule has 0 amide bonds. The van der Waals surface area contributed by atoms with Gasteiger partial charge in [-0.25, -0.2) is 14.0 Å². The summed E-state index contributed by atoms with van der Waals surface area (Å²) >= 11 is 0. The van der Waals surface area contributed by atoms with E-state index in [2.05, 4.69) is 0 Å². The molecule has 29 heavy (non-hydrogen) atoms. The Morgan fingerprint density at radius 1 is 0.724 bits per heavy atom. The van der Waals surface area contributed by atoms with Crippen LogP contribution in [0.25, 0.3) is 21.5 Å². The molecule has 0 heterocycles. The van der Waals surface area contributed by atoms with Crippen molar-refractivity contribution in [1.82, 2.24) is 0 Å². The third kappa shape index (κ3) is 4.39. The maximum Gasteiger partial charge on any atom is 0.514 e. The van der Waals surface area contributed by atoms with Crippen LogP contribution in [0.5, 0.6) is 11.5 Å². The van der Waals surface area contributed by atoms with Crippen molar-refractivity contribution in [2.45, 2.75) is 39.9 Å². The molecule has 0 saturated heterocycles. The molecule has 0 radical (unpaired) electrons. The first-order chi connectivity index (χ1) is 13.8. The number of hydrogen-bond acceptors (Lipinski definition) is 6. The van der Waals surface area contributed by atoms with E-state index in [4.69, 9.17) is 18.9 Å². The molecular formula is C22H21FO6. The van der Waals surface area contributed by atoms with Crippen molar-refractivity contribution in [3.63, 3.8) is 0 Å². The molecule has 0 aliphatic rings. The van der Waals surface area contributed by atoms with Crippen LogP contribution < -0.4 is 9.47 Å². The zero-order chi connectivity index (χ0) is 21.1. The molecule has 0 unspecified atom stereocenters. The first kappa shape index (κ1) is 20.4. The third-order valence-corrected chi connectivity index (χ3v) is 3.94. The number of carbonyl (C=O) groups is 2. The molecule has 0 aromatic heterocycles. The monoisotopic (exact) mass is 400 g/mol. The summed E-state index contributed by atoms with van der Waals surface area (Å²) in [5, 5.41) is 1.10. The summed E-state index contributed by atoms with van der Waals surface area (Å²) in [6.45, 7) is 6.73. The van der Waals surface area contributed by atoms with Crippen molar-refractivity contribution < 1.29 is 32.9 Å². The van der Waals surface area contributed by atoms with Crippen LogP contribution in [0.2, 0.25) is 0 Å². The minimum absolute atomic E-state index is 0.000692. The van der Waals surface area contributed by atoms with E-state index >= 15 is 0 Å². The number of rotatable bonds is 4. The molecular weight excluding hydrogens is 379 g/mol. The number of ether oxygens (including phenoxy) is 4. The minimum atomic E-state index is -0.956. The number of hydrogen-bond donors (Lipinski definition) is 0.